The minimum absolute atomic E-state index is 0.140. The van der Waals surface area contributed by atoms with Gasteiger partial charge in [-0.2, -0.15) is 0 Å². The number of hydrogen-bond acceptors (Lipinski definition) is 4. The number of amides is 2. The largest absolute Gasteiger partial charge is 0.354 e. The molecule has 0 heterocycles. The number of sulfonamides is 1. The van der Waals surface area contributed by atoms with Crippen LogP contribution in [0.15, 0.2) is 83.8 Å². The van der Waals surface area contributed by atoms with Gasteiger partial charge in [0.05, 0.1) is 10.6 Å². The molecule has 0 aliphatic carbocycles. The number of carbonyl (C=O) groups is 2. The van der Waals surface area contributed by atoms with Gasteiger partial charge in [-0.15, -0.1) is 0 Å². The summed E-state index contributed by atoms with van der Waals surface area (Å²) in [7, 11) is -4.22. The Hall–Kier alpha value is -3.72. The summed E-state index contributed by atoms with van der Waals surface area (Å²) in [5, 5.41) is 2.87. The number of rotatable bonds is 13. The Bertz CT molecular complexity index is 1330. The van der Waals surface area contributed by atoms with Crippen LogP contribution in [0, 0.1) is 12.7 Å². The van der Waals surface area contributed by atoms with Crippen LogP contribution < -0.4 is 9.62 Å². The number of anilines is 1. The molecule has 1 atom stereocenters. The van der Waals surface area contributed by atoms with Crippen LogP contribution >= 0.6 is 0 Å². The molecule has 0 aromatic heterocycles. The molecule has 0 fully saturated rings. The summed E-state index contributed by atoms with van der Waals surface area (Å²) in [4.78, 5) is 28.0. The summed E-state index contributed by atoms with van der Waals surface area (Å²) in [5.74, 6) is -1.38. The van der Waals surface area contributed by atoms with E-state index >= 15 is 0 Å². The molecule has 1 N–H and O–H groups in total. The third-order valence-electron chi connectivity index (χ3n) is 6.48. The van der Waals surface area contributed by atoms with E-state index in [-0.39, 0.29) is 17.3 Å². The van der Waals surface area contributed by atoms with Crippen molar-refractivity contribution >= 4 is 27.5 Å². The Morgan fingerprint density at radius 3 is 2.21 bits per heavy atom. The average molecular weight is 554 g/mol. The van der Waals surface area contributed by atoms with Gasteiger partial charge in [0.25, 0.3) is 10.0 Å². The molecule has 3 rings (SSSR count). The van der Waals surface area contributed by atoms with Crippen LogP contribution in [0.4, 0.5) is 10.1 Å². The van der Waals surface area contributed by atoms with Gasteiger partial charge in [-0.25, -0.2) is 12.8 Å². The molecule has 3 aromatic carbocycles. The smallest absolute Gasteiger partial charge is 0.264 e. The molecule has 9 heteroatoms. The Morgan fingerprint density at radius 2 is 1.59 bits per heavy atom. The van der Waals surface area contributed by atoms with E-state index in [0.29, 0.717) is 18.7 Å². The molecule has 0 spiro atoms. The summed E-state index contributed by atoms with van der Waals surface area (Å²) in [6, 6.07) is 20.0. The van der Waals surface area contributed by atoms with Crippen LogP contribution in [-0.2, 0) is 26.0 Å². The molecule has 0 radical (unpaired) electrons. The van der Waals surface area contributed by atoms with Gasteiger partial charge < -0.3 is 10.2 Å². The Morgan fingerprint density at radius 1 is 0.949 bits per heavy atom. The summed E-state index contributed by atoms with van der Waals surface area (Å²) in [6.07, 6.45) is 2.22. The molecule has 0 saturated heterocycles. The van der Waals surface area contributed by atoms with Crippen molar-refractivity contribution in [3.8, 4) is 0 Å². The first kappa shape index (κ1) is 29.8. The lowest BCUT2D eigenvalue weighted by molar-refractivity contribution is -0.138. The summed E-state index contributed by atoms with van der Waals surface area (Å²) in [5.41, 5.74) is 2.20. The lowest BCUT2D eigenvalue weighted by Crippen LogP contribution is -2.52. The molecule has 2 amide bonds. The number of nitrogens with zero attached hydrogens (tertiary/aromatic N) is 2. The summed E-state index contributed by atoms with van der Waals surface area (Å²) >= 11 is 0. The molecule has 7 nitrogen and oxygen atoms in total. The molecule has 0 saturated carbocycles. The van der Waals surface area contributed by atoms with Crippen molar-refractivity contribution in [3.63, 3.8) is 0 Å². The molecule has 39 heavy (non-hydrogen) atoms. The summed E-state index contributed by atoms with van der Waals surface area (Å²) < 4.78 is 42.0. The predicted octanol–water partition coefficient (Wildman–Crippen LogP) is 4.71. The van der Waals surface area contributed by atoms with Crippen LogP contribution in [0.2, 0.25) is 0 Å². The lowest BCUT2D eigenvalue weighted by atomic mass is 10.1. The number of hydrogen-bond donors (Lipinski definition) is 1. The standard InChI is InChI=1S/C30H36FN3O4S/c1-4-5-20-32-30(36)24(3)33(21-19-25-9-7-6-8-10-25)29(35)22-34(27-15-11-23(2)12-16-27)39(37,38)28-17-13-26(31)14-18-28/h6-18,24H,4-5,19-22H2,1-3H3,(H,32,36)/t24-/m1/s1. The minimum atomic E-state index is -4.22. The van der Waals surface area contributed by atoms with Crippen molar-refractivity contribution in [3.05, 3.63) is 95.8 Å². The molecule has 208 valence electrons. The average Bonchev–Trinajstić information content (AvgIpc) is 2.93. The normalized spacial score (nSPS) is 12.0. The van der Waals surface area contributed by atoms with E-state index in [4.69, 9.17) is 0 Å². The van der Waals surface area contributed by atoms with Crippen LogP contribution in [0.1, 0.15) is 37.8 Å². The van der Waals surface area contributed by atoms with Crippen molar-refractivity contribution in [1.82, 2.24) is 10.2 Å². The molecular formula is C30H36FN3O4S. The topological polar surface area (TPSA) is 86.8 Å². The van der Waals surface area contributed by atoms with Crippen LogP contribution in [0.3, 0.4) is 0 Å². The number of halogens is 1. The molecule has 0 bridgehead atoms. The molecular weight excluding hydrogens is 517 g/mol. The van der Waals surface area contributed by atoms with E-state index in [1.54, 1.807) is 31.2 Å². The first-order valence-electron chi connectivity index (χ1n) is 13.1. The van der Waals surface area contributed by atoms with Crippen LogP contribution in [-0.4, -0.2) is 50.8 Å². The summed E-state index contributed by atoms with van der Waals surface area (Å²) in [6.45, 7) is 5.74. The quantitative estimate of drug-likeness (QED) is 0.311. The molecule has 0 aliphatic heterocycles. The molecule has 3 aromatic rings. The van der Waals surface area contributed by atoms with Crippen molar-refractivity contribution in [2.45, 2.75) is 51.0 Å². The van der Waals surface area contributed by atoms with Gasteiger partial charge in [0.15, 0.2) is 0 Å². The second-order valence-electron chi connectivity index (χ2n) is 9.44. The zero-order valence-corrected chi connectivity index (χ0v) is 23.5. The maximum atomic E-state index is 13.8. The monoisotopic (exact) mass is 553 g/mol. The molecule has 0 unspecified atom stereocenters. The van der Waals surface area contributed by atoms with Crippen LogP contribution in [0.25, 0.3) is 0 Å². The number of unbranched alkanes of at least 4 members (excludes halogenated alkanes) is 1. The van der Waals surface area contributed by atoms with Crippen molar-refractivity contribution in [2.24, 2.45) is 0 Å². The predicted molar refractivity (Wildman–Crippen MR) is 151 cm³/mol. The van der Waals surface area contributed by atoms with Crippen molar-refractivity contribution in [2.75, 3.05) is 23.9 Å². The van der Waals surface area contributed by atoms with Crippen LogP contribution in [0.5, 0.6) is 0 Å². The zero-order valence-electron chi connectivity index (χ0n) is 22.6. The number of carbonyl (C=O) groups excluding carboxylic acids is 2. The highest BCUT2D eigenvalue weighted by molar-refractivity contribution is 7.92. The fourth-order valence-electron chi connectivity index (χ4n) is 4.08. The Balaban J connectivity index is 1.94. The number of nitrogens with one attached hydrogen (secondary N) is 1. The van der Waals surface area contributed by atoms with Crippen molar-refractivity contribution < 1.29 is 22.4 Å². The SMILES string of the molecule is CCCCNC(=O)[C@@H](C)N(CCc1ccccc1)C(=O)CN(c1ccc(C)cc1)S(=O)(=O)c1ccc(F)cc1. The van der Waals surface area contributed by atoms with E-state index in [9.17, 15) is 22.4 Å². The van der Waals surface area contributed by atoms with Gasteiger partial charge in [0.1, 0.15) is 18.4 Å². The van der Waals surface area contributed by atoms with Gasteiger partial charge in [-0.05, 0) is 68.7 Å². The molecule has 0 aliphatic rings. The van der Waals surface area contributed by atoms with Gasteiger partial charge in [-0.1, -0.05) is 61.4 Å². The van der Waals surface area contributed by atoms with E-state index in [1.807, 2.05) is 44.2 Å². The van der Waals surface area contributed by atoms with E-state index in [1.165, 1.54) is 17.0 Å². The van der Waals surface area contributed by atoms with Gasteiger partial charge in [0.2, 0.25) is 11.8 Å². The Kier molecular flexibility index (Phi) is 10.6. The number of aryl methyl sites for hydroxylation is 1. The van der Waals surface area contributed by atoms with Crippen molar-refractivity contribution in [1.29, 1.82) is 0 Å². The first-order chi connectivity index (χ1) is 18.6. The van der Waals surface area contributed by atoms with E-state index in [0.717, 1.165) is 40.4 Å². The fourth-order valence-corrected chi connectivity index (χ4v) is 5.49. The third-order valence-corrected chi connectivity index (χ3v) is 8.27. The minimum Gasteiger partial charge on any atom is -0.354 e. The zero-order chi connectivity index (χ0) is 28.4. The van der Waals surface area contributed by atoms with Gasteiger partial charge >= 0.3 is 0 Å². The lowest BCUT2D eigenvalue weighted by Gasteiger charge is -2.32. The number of benzene rings is 3. The third kappa shape index (κ3) is 8.13. The maximum absolute atomic E-state index is 13.8. The van der Waals surface area contributed by atoms with E-state index < -0.39 is 34.3 Å². The fraction of sp³-hybridized carbons (Fsp3) is 0.333. The maximum Gasteiger partial charge on any atom is 0.264 e. The highest BCUT2D eigenvalue weighted by atomic mass is 32.2. The highest BCUT2D eigenvalue weighted by Gasteiger charge is 2.32. The van der Waals surface area contributed by atoms with Gasteiger partial charge in [0, 0.05) is 13.1 Å². The second-order valence-corrected chi connectivity index (χ2v) is 11.3. The highest BCUT2D eigenvalue weighted by Crippen LogP contribution is 2.25. The Labute approximate surface area is 230 Å². The van der Waals surface area contributed by atoms with Gasteiger partial charge in [-0.3, -0.25) is 13.9 Å². The first-order valence-corrected chi connectivity index (χ1v) is 14.5. The van der Waals surface area contributed by atoms with E-state index in [2.05, 4.69) is 5.32 Å². The second kappa shape index (κ2) is 13.9.